The van der Waals surface area contributed by atoms with Gasteiger partial charge in [-0.3, -0.25) is 4.79 Å². The number of ether oxygens (including phenoxy) is 4. The van der Waals surface area contributed by atoms with Crippen molar-refractivity contribution in [1.82, 2.24) is 5.01 Å². The molecule has 1 atom stereocenters. The molecule has 1 aliphatic rings. The number of nitrogens with zero attached hydrogens (tertiary/aromatic N) is 2. The Morgan fingerprint density at radius 2 is 1.97 bits per heavy atom. The summed E-state index contributed by atoms with van der Waals surface area (Å²) in [6.07, 6.45) is 0.536. The van der Waals surface area contributed by atoms with Crippen molar-refractivity contribution in [3.05, 3.63) is 46.2 Å². The number of hydrazone groups is 1. The number of amides is 1. The van der Waals surface area contributed by atoms with Crippen LogP contribution in [0.15, 0.2) is 40.8 Å². The fraction of sp³-hybridized carbons (Fsp3) is 0.381. The monoisotopic (exact) mass is 432 g/mol. The van der Waals surface area contributed by atoms with E-state index in [0.29, 0.717) is 24.5 Å². The topological polar surface area (TPSA) is 86.7 Å². The van der Waals surface area contributed by atoms with Crippen LogP contribution < -0.4 is 9.47 Å². The zero-order valence-electron chi connectivity index (χ0n) is 17.1. The Balaban J connectivity index is 1.82. The smallest absolute Gasteiger partial charge is 0.332 e. The van der Waals surface area contributed by atoms with Gasteiger partial charge in [0.15, 0.2) is 18.1 Å². The molecule has 2 aromatic rings. The van der Waals surface area contributed by atoms with Gasteiger partial charge in [0, 0.05) is 13.0 Å². The van der Waals surface area contributed by atoms with Crippen LogP contribution in [0.2, 0.25) is 0 Å². The van der Waals surface area contributed by atoms with Crippen LogP contribution in [0.4, 0.5) is 0 Å². The summed E-state index contributed by atoms with van der Waals surface area (Å²) in [4.78, 5) is 25.5. The summed E-state index contributed by atoms with van der Waals surface area (Å²) in [6.45, 7) is 1.58. The number of benzene rings is 1. The molecule has 1 aliphatic heterocycles. The molecule has 0 saturated heterocycles. The van der Waals surface area contributed by atoms with Crippen LogP contribution >= 0.6 is 11.3 Å². The fourth-order valence-electron chi connectivity index (χ4n) is 3.09. The number of carbonyl (C=O) groups is 2. The average molecular weight is 432 g/mol. The van der Waals surface area contributed by atoms with E-state index in [2.05, 4.69) is 5.10 Å². The van der Waals surface area contributed by atoms with Crippen LogP contribution in [0.1, 0.15) is 29.8 Å². The molecule has 0 spiro atoms. The molecule has 9 heteroatoms. The summed E-state index contributed by atoms with van der Waals surface area (Å²) < 4.78 is 20.8. The zero-order valence-corrected chi connectivity index (χ0v) is 17.9. The van der Waals surface area contributed by atoms with Gasteiger partial charge in [0.2, 0.25) is 0 Å². The second-order valence-corrected chi connectivity index (χ2v) is 7.34. The van der Waals surface area contributed by atoms with Gasteiger partial charge in [0.05, 0.1) is 30.9 Å². The van der Waals surface area contributed by atoms with Crippen LogP contribution in [0.3, 0.4) is 0 Å². The molecule has 0 N–H and O–H groups in total. The van der Waals surface area contributed by atoms with Gasteiger partial charge in [-0.2, -0.15) is 5.10 Å². The van der Waals surface area contributed by atoms with Crippen LogP contribution in [0.5, 0.6) is 11.5 Å². The highest BCUT2D eigenvalue weighted by Gasteiger charge is 2.34. The van der Waals surface area contributed by atoms with E-state index in [9.17, 15) is 9.59 Å². The van der Waals surface area contributed by atoms with Crippen molar-refractivity contribution < 1.29 is 28.5 Å². The summed E-state index contributed by atoms with van der Waals surface area (Å²) in [5, 5.41) is 7.88. The number of methoxy groups -OCH3 is 2. The SMILES string of the molecule is CCOCC(=O)OCC(=O)N1N=C(c2cccs2)CC1c1ccc(OC)c(OC)c1. The van der Waals surface area contributed by atoms with Crippen molar-refractivity contribution in [3.63, 3.8) is 0 Å². The van der Waals surface area contributed by atoms with Gasteiger partial charge in [-0.15, -0.1) is 11.3 Å². The third-order valence-electron chi connectivity index (χ3n) is 4.54. The Morgan fingerprint density at radius 3 is 2.63 bits per heavy atom. The lowest BCUT2D eigenvalue weighted by Crippen LogP contribution is -2.32. The molecule has 30 heavy (non-hydrogen) atoms. The van der Waals surface area contributed by atoms with Crippen molar-refractivity contribution in [1.29, 1.82) is 0 Å². The number of rotatable bonds is 9. The highest BCUT2D eigenvalue weighted by Crippen LogP contribution is 2.37. The molecule has 0 fully saturated rings. The van der Waals surface area contributed by atoms with Crippen molar-refractivity contribution in [2.24, 2.45) is 5.10 Å². The lowest BCUT2D eigenvalue weighted by Gasteiger charge is -2.22. The van der Waals surface area contributed by atoms with Crippen molar-refractivity contribution in [2.75, 3.05) is 34.0 Å². The highest BCUT2D eigenvalue weighted by molar-refractivity contribution is 7.12. The third kappa shape index (κ3) is 4.98. The van der Waals surface area contributed by atoms with E-state index < -0.39 is 18.5 Å². The lowest BCUT2D eigenvalue weighted by atomic mass is 10.0. The van der Waals surface area contributed by atoms with Crippen molar-refractivity contribution in [2.45, 2.75) is 19.4 Å². The molecule has 3 rings (SSSR count). The van der Waals surface area contributed by atoms with E-state index in [1.165, 1.54) is 5.01 Å². The molecule has 0 bridgehead atoms. The normalized spacial score (nSPS) is 15.6. The number of esters is 1. The van der Waals surface area contributed by atoms with Gasteiger partial charge in [-0.1, -0.05) is 12.1 Å². The number of carbonyl (C=O) groups excluding carboxylic acids is 2. The van der Waals surface area contributed by atoms with E-state index in [1.807, 2.05) is 29.6 Å². The van der Waals surface area contributed by atoms with Crippen LogP contribution in [-0.2, 0) is 19.1 Å². The molecule has 1 amide bonds. The standard InChI is InChI=1S/C21H24N2O6S/c1-4-28-13-21(25)29-12-20(24)23-16(11-15(22-23)19-6-5-9-30-19)14-7-8-17(26-2)18(10-14)27-3/h5-10,16H,4,11-13H2,1-3H3. The zero-order chi connectivity index (χ0) is 21.5. The van der Waals surface area contributed by atoms with Crippen LogP contribution in [-0.4, -0.2) is 56.6 Å². The summed E-state index contributed by atoms with van der Waals surface area (Å²) in [7, 11) is 3.13. The van der Waals surface area contributed by atoms with Crippen LogP contribution in [0, 0.1) is 0 Å². The van der Waals surface area contributed by atoms with Gasteiger partial charge < -0.3 is 18.9 Å². The molecule has 1 aromatic carbocycles. The molecule has 1 unspecified atom stereocenters. The Labute approximate surface area is 179 Å². The second kappa shape index (κ2) is 10.2. The van der Waals surface area contributed by atoms with E-state index in [0.717, 1.165) is 16.2 Å². The molecular weight excluding hydrogens is 408 g/mol. The molecule has 160 valence electrons. The first-order valence-electron chi connectivity index (χ1n) is 9.46. The first-order chi connectivity index (χ1) is 14.6. The maximum Gasteiger partial charge on any atom is 0.332 e. The molecule has 2 heterocycles. The highest BCUT2D eigenvalue weighted by atomic mass is 32.1. The lowest BCUT2D eigenvalue weighted by molar-refractivity contribution is -0.156. The Hall–Kier alpha value is -2.91. The minimum absolute atomic E-state index is 0.188. The maximum absolute atomic E-state index is 12.8. The minimum atomic E-state index is -0.588. The largest absolute Gasteiger partial charge is 0.493 e. The van der Waals surface area contributed by atoms with E-state index in [-0.39, 0.29) is 12.6 Å². The maximum atomic E-state index is 12.8. The molecule has 0 aliphatic carbocycles. The Bertz CT molecular complexity index is 912. The predicted octanol–water partition coefficient (Wildman–Crippen LogP) is 3.02. The third-order valence-corrected chi connectivity index (χ3v) is 5.46. The van der Waals surface area contributed by atoms with E-state index in [4.69, 9.17) is 18.9 Å². The van der Waals surface area contributed by atoms with E-state index in [1.54, 1.807) is 38.5 Å². The summed E-state index contributed by atoms with van der Waals surface area (Å²) in [5.41, 5.74) is 1.65. The molecule has 0 saturated carbocycles. The van der Waals surface area contributed by atoms with Gasteiger partial charge in [0.1, 0.15) is 6.61 Å². The van der Waals surface area contributed by atoms with Gasteiger partial charge in [-0.05, 0) is 36.1 Å². The van der Waals surface area contributed by atoms with Gasteiger partial charge >= 0.3 is 5.97 Å². The molecule has 0 radical (unpaired) electrons. The van der Waals surface area contributed by atoms with Crippen molar-refractivity contribution >= 4 is 28.9 Å². The van der Waals surface area contributed by atoms with Crippen LogP contribution in [0.25, 0.3) is 0 Å². The molecule has 8 nitrogen and oxygen atoms in total. The minimum Gasteiger partial charge on any atom is -0.493 e. The molecule has 1 aromatic heterocycles. The summed E-state index contributed by atoms with van der Waals surface area (Å²) in [5.74, 6) is 0.164. The van der Waals surface area contributed by atoms with Crippen molar-refractivity contribution in [3.8, 4) is 11.5 Å². The number of thiophene rings is 1. The van der Waals surface area contributed by atoms with Gasteiger partial charge in [0.25, 0.3) is 5.91 Å². The Morgan fingerprint density at radius 1 is 1.17 bits per heavy atom. The summed E-state index contributed by atoms with van der Waals surface area (Å²) >= 11 is 1.56. The Kier molecular flexibility index (Phi) is 7.42. The number of hydrogen-bond acceptors (Lipinski definition) is 8. The number of hydrogen-bond donors (Lipinski definition) is 0. The first-order valence-corrected chi connectivity index (χ1v) is 10.3. The molecular formula is C21H24N2O6S. The first kappa shape index (κ1) is 21.8. The predicted molar refractivity (Wildman–Crippen MR) is 112 cm³/mol. The average Bonchev–Trinajstić information content (AvgIpc) is 3.45. The van der Waals surface area contributed by atoms with E-state index >= 15 is 0 Å². The summed E-state index contributed by atoms with van der Waals surface area (Å²) in [6, 6.07) is 9.05. The quantitative estimate of drug-likeness (QED) is 0.566. The van der Waals surface area contributed by atoms with Gasteiger partial charge in [-0.25, -0.2) is 9.80 Å². The fourth-order valence-corrected chi connectivity index (χ4v) is 3.81. The second-order valence-electron chi connectivity index (χ2n) is 6.39.